The first-order valence-corrected chi connectivity index (χ1v) is 11.1. The van der Waals surface area contributed by atoms with E-state index in [2.05, 4.69) is 28.9 Å². The number of β-amino-alcohol motifs (C(OH)–C–C–N with tert-alkyl or cyclic N) is 1. The van der Waals surface area contributed by atoms with Gasteiger partial charge >= 0.3 is 0 Å². The lowest BCUT2D eigenvalue weighted by Gasteiger charge is -2.22. The fourth-order valence-corrected chi connectivity index (χ4v) is 4.43. The van der Waals surface area contributed by atoms with Gasteiger partial charge in [0.25, 0.3) is 0 Å². The number of hydrogen-bond acceptors (Lipinski definition) is 7. The van der Waals surface area contributed by atoms with Crippen molar-refractivity contribution in [1.82, 2.24) is 9.97 Å². The molecule has 0 amide bonds. The Hall–Kier alpha value is -2.67. The van der Waals surface area contributed by atoms with Gasteiger partial charge in [-0.1, -0.05) is 19.1 Å². The quantitative estimate of drug-likeness (QED) is 0.731. The fraction of sp³-hybridized carbons (Fsp3) is 0.542. The van der Waals surface area contributed by atoms with Gasteiger partial charge in [0.1, 0.15) is 23.5 Å². The Kier molecular flexibility index (Phi) is 6.14. The molecule has 1 N–H and O–H groups in total. The normalized spacial score (nSPS) is 24.5. The summed E-state index contributed by atoms with van der Waals surface area (Å²) in [5.41, 5.74) is 0.482. The maximum absolute atomic E-state index is 11.3. The van der Waals surface area contributed by atoms with Crippen molar-refractivity contribution in [3.63, 3.8) is 0 Å². The number of ether oxygens (including phenoxy) is 1. The number of Topliss-reactive ketones (excluding diaryl/α,β-unsaturated/α-hetero) is 1. The Labute approximate surface area is 184 Å². The largest absolute Gasteiger partial charge is 0.489 e. The van der Waals surface area contributed by atoms with Gasteiger partial charge in [0.2, 0.25) is 5.95 Å². The standard InChI is InChI=1S/C24H32N4O3/c1-17(14-18(2)29)19-4-6-20(7-5-19)31-21-9-12-27(15-21)22-8-11-25-23(26-22)28-13-10-24(3,30)16-28/h4-8,11,17,21,30H,9-10,12-16H2,1-3H3/t17-,21-,24?/m1/s1. The van der Waals surface area contributed by atoms with E-state index in [4.69, 9.17) is 9.72 Å². The third-order valence-corrected chi connectivity index (χ3v) is 6.18. The van der Waals surface area contributed by atoms with Crippen LogP contribution < -0.4 is 14.5 Å². The molecular formula is C24H32N4O3. The van der Waals surface area contributed by atoms with E-state index < -0.39 is 5.60 Å². The molecule has 7 nitrogen and oxygen atoms in total. The minimum Gasteiger partial charge on any atom is -0.489 e. The van der Waals surface area contributed by atoms with Crippen LogP contribution in [0.2, 0.25) is 0 Å². The molecule has 3 atom stereocenters. The lowest BCUT2D eigenvalue weighted by molar-refractivity contribution is -0.117. The van der Waals surface area contributed by atoms with Gasteiger partial charge in [-0.3, -0.25) is 0 Å². The SMILES string of the molecule is CC(=O)C[C@@H](C)c1ccc(O[C@@H]2CCN(c3ccnc(N4CCC(C)(O)C4)n3)C2)cc1. The van der Waals surface area contributed by atoms with E-state index in [9.17, 15) is 9.90 Å². The molecule has 2 saturated heterocycles. The summed E-state index contributed by atoms with van der Waals surface area (Å²) in [6.07, 6.45) is 4.12. The van der Waals surface area contributed by atoms with Gasteiger partial charge in [-0.15, -0.1) is 0 Å². The van der Waals surface area contributed by atoms with Gasteiger partial charge in [0.05, 0.1) is 12.1 Å². The van der Waals surface area contributed by atoms with Crippen molar-refractivity contribution < 1.29 is 14.6 Å². The molecule has 166 valence electrons. The lowest BCUT2D eigenvalue weighted by Crippen LogP contribution is -2.31. The zero-order valence-corrected chi connectivity index (χ0v) is 18.6. The van der Waals surface area contributed by atoms with Crippen LogP contribution in [0.25, 0.3) is 0 Å². The number of benzene rings is 1. The molecule has 7 heteroatoms. The van der Waals surface area contributed by atoms with E-state index in [-0.39, 0.29) is 17.8 Å². The first-order chi connectivity index (χ1) is 14.8. The smallest absolute Gasteiger partial charge is 0.227 e. The molecule has 0 bridgehead atoms. The van der Waals surface area contributed by atoms with Crippen LogP contribution in [-0.2, 0) is 4.79 Å². The number of carbonyl (C=O) groups is 1. The molecule has 1 unspecified atom stereocenters. The Morgan fingerprint density at radius 1 is 1.26 bits per heavy atom. The molecule has 2 aliphatic rings. The van der Waals surface area contributed by atoms with Gasteiger partial charge in [-0.05, 0) is 49.9 Å². The van der Waals surface area contributed by atoms with E-state index in [1.807, 2.05) is 30.0 Å². The second-order valence-corrected chi connectivity index (χ2v) is 9.23. The van der Waals surface area contributed by atoms with Crippen LogP contribution in [0.5, 0.6) is 5.75 Å². The molecular weight excluding hydrogens is 392 g/mol. The average Bonchev–Trinajstić information content (AvgIpc) is 3.34. The topological polar surface area (TPSA) is 78.8 Å². The molecule has 4 rings (SSSR count). The Morgan fingerprint density at radius 2 is 2.03 bits per heavy atom. The predicted octanol–water partition coefficient (Wildman–Crippen LogP) is 3.18. The molecule has 31 heavy (non-hydrogen) atoms. The van der Waals surface area contributed by atoms with Crippen LogP contribution in [0, 0.1) is 0 Å². The van der Waals surface area contributed by atoms with Crippen LogP contribution in [-0.4, -0.2) is 58.7 Å². The summed E-state index contributed by atoms with van der Waals surface area (Å²) in [4.78, 5) is 24.8. The summed E-state index contributed by atoms with van der Waals surface area (Å²) < 4.78 is 6.20. The van der Waals surface area contributed by atoms with Crippen molar-refractivity contribution in [2.24, 2.45) is 0 Å². The van der Waals surface area contributed by atoms with E-state index in [1.54, 1.807) is 13.1 Å². The first-order valence-electron chi connectivity index (χ1n) is 11.1. The molecule has 3 heterocycles. The predicted molar refractivity (Wildman–Crippen MR) is 121 cm³/mol. The highest BCUT2D eigenvalue weighted by Crippen LogP contribution is 2.28. The van der Waals surface area contributed by atoms with Gasteiger partial charge in [-0.2, -0.15) is 4.98 Å². The highest BCUT2D eigenvalue weighted by molar-refractivity contribution is 5.76. The number of nitrogens with zero attached hydrogens (tertiary/aromatic N) is 4. The molecule has 1 aromatic heterocycles. The molecule has 2 aromatic rings. The second-order valence-electron chi connectivity index (χ2n) is 9.23. The molecule has 0 saturated carbocycles. The van der Waals surface area contributed by atoms with E-state index in [1.165, 1.54) is 0 Å². The Morgan fingerprint density at radius 3 is 2.71 bits per heavy atom. The zero-order chi connectivity index (χ0) is 22.0. The second kappa shape index (κ2) is 8.83. The number of anilines is 2. The number of aliphatic hydroxyl groups is 1. The van der Waals surface area contributed by atoms with Crippen molar-refractivity contribution in [2.45, 2.75) is 57.7 Å². The summed E-state index contributed by atoms with van der Waals surface area (Å²) >= 11 is 0. The van der Waals surface area contributed by atoms with Crippen molar-refractivity contribution in [3.05, 3.63) is 42.1 Å². The van der Waals surface area contributed by atoms with Gasteiger partial charge in [-0.25, -0.2) is 4.98 Å². The number of hydrogen-bond donors (Lipinski definition) is 1. The van der Waals surface area contributed by atoms with E-state index in [0.717, 1.165) is 49.6 Å². The minimum atomic E-state index is -0.675. The van der Waals surface area contributed by atoms with Gasteiger partial charge < -0.3 is 24.4 Å². The highest BCUT2D eigenvalue weighted by atomic mass is 16.5. The van der Waals surface area contributed by atoms with Crippen LogP contribution in [0.4, 0.5) is 11.8 Å². The molecule has 1 aromatic carbocycles. The van der Waals surface area contributed by atoms with E-state index in [0.29, 0.717) is 18.9 Å². The van der Waals surface area contributed by atoms with Gasteiger partial charge in [0.15, 0.2) is 0 Å². The maximum Gasteiger partial charge on any atom is 0.227 e. The van der Waals surface area contributed by atoms with Crippen molar-refractivity contribution in [3.8, 4) is 5.75 Å². The average molecular weight is 425 g/mol. The molecule has 0 aliphatic carbocycles. The summed E-state index contributed by atoms with van der Waals surface area (Å²) in [5, 5.41) is 10.2. The molecule has 0 spiro atoms. The van der Waals surface area contributed by atoms with Crippen molar-refractivity contribution >= 4 is 17.5 Å². The Bertz CT molecular complexity index is 915. The maximum atomic E-state index is 11.3. The van der Waals surface area contributed by atoms with Crippen LogP contribution in [0.3, 0.4) is 0 Å². The molecule has 2 aliphatic heterocycles. The van der Waals surface area contributed by atoms with Crippen LogP contribution in [0.1, 0.15) is 51.5 Å². The highest BCUT2D eigenvalue weighted by Gasteiger charge is 2.33. The van der Waals surface area contributed by atoms with E-state index >= 15 is 0 Å². The van der Waals surface area contributed by atoms with Gasteiger partial charge in [0, 0.05) is 38.7 Å². The zero-order valence-electron chi connectivity index (χ0n) is 18.6. The number of carbonyl (C=O) groups excluding carboxylic acids is 1. The number of aromatic nitrogens is 2. The van der Waals surface area contributed by atoms with Crippen LogP contribution >= 0.6 is 0 Å². The van der Waals surface area contributed by atoms with Crippen molar-refractivity contribution in [2.75, 3.05) is 36.0 Å². The third-order valence-electron chi connectivity index (χ3n) is 6.18. The summed E-state index contributed by atoms with van der Waals surface area (Å²) in [7, 11) is 0. The lowest BCUT2D eigenvalue weighted by atomic mass is 9.96. The summed E-state index contributed by atoms with van der Waals surface area (Å²) in [6, 6.07) is 10.0. The summed E-state index contributed by atoms with van der Waals surface area (Å²) in [6.45, 7) is 8.55. The number of ketones is 1. The fourth-order valence-electron chi connectivity index (χ4n) is 4.43. The third kappa shape index (κ3) is 5.34. The Balaban J connectivity index is 1.35. The minimum absolute atomic E-state index is 0.103. The van der Waals surface area contributed by atoms with Crippen molar-refractivity contribution in [1.29, 1.82) is 0 Å². The monoisotopic (exact) mass is 424 g/mol. The summed E-state index contributed by atoms with van der Waals surface area (Å²) in [5.74, 6) is 2.86. The molecule has 0 radical (unpaired) electrons. The molecule has 2 fully saturated rings. The van der Waals surface area contributed by atoms with Crippen LogP contribution in [0.15, 0.2) is 36.5 Å². The number of rotatable bonds is 7. The first kappa shape index (κ1) is 21.6.